The molecule has 0 unspecified atom stereocenters. The van der Waals surface area contributed by atoms with E-state index in [2.05, 4.69) is 125 Å². The van der Waals surface area contributed by atoms with Gasteiger partial charge in [0.25, 0.3) is 0 Å². The standard InChI is InChI=1S/2C9H7.C8H18N.4C2H6N.2Ti/c2*1-2-5-9-7-3-6-8(9)4-1;1-3-5-7-9-8-6-4-2;4*1-3-2;;/h2*1-7H;3-8H2,1-2H3;4*1-2H3;;/q7*-1;2*+4. The molecule has 4 rings (SSSR count). The van der Waals surface area contributed by atoms with Gasteiger partial charge >= 0.3 is 43.4 Å². The second-order valence-corrected chi connectivity index (χ2v) is 8.48. The van der Waals surface area contributed by atoms with Crippen LogP contribution in [0.1, 0.15) is 39.5 Å². The molecule has 0 radical (unpaired) electrons. The molecule has 0 saturated carbocycles. The Balaban J connectivity index is -0.000000130. The van der Waals surface area contributed by atoms with Crippen LogP contribution >= 0.6 is 0 Å². The first-order chi connectivity index (χ1) is 19.0. The van der Waals surface area contributed by atoms with E-state index in [0.29, 0.717) is 0 Å². The second kappa shape index (κ2) is 43.3. The fourth-order valence-corrected chi connectivity index (χ4v) is 2.79. The van der Waals surface area contributed by atoms with Gasteiger partial charge in [-0.3, -0.25) is 0 Å². The Hall–Kier alpha value is -1.11. The fraction of sp³-hybridized carbons (Fsp3) is 0.471. The van der Waals surface area contributed by atoms with E-state index >= 15 is 0 Å². The minimum atomic E-state index is 0. The van der Waals surface area contributed by atoms with Gasteiger partial charge in [-0.25, -0.2) is 0 Å². The van der Waals surface area contributed by atoms with Crippen molar-refractivity contribution < 1.29 is 43.4 Å². The Bertz CT molecular complexity index is 800. The molecule has 0 saturated heterocycles. The molecule has 0 aliphatic carbocycles. The molecule has 4 aromatic rings. The average molecular weight is 631 g/mol. The van der Waals surface area contributed by atoms with Gasteiger partial charge in [0.15, 0.2) is 0 Å². The average Bonchev–Trinajstić information content (AvgIpc) is 3.61. The summed E-state index contributed by atoms with van der Waals surface area (Å²) in [7, 11) is 14.0. The topological polar surface area (TPSA) is 70.5 Å². The van der Waals surface area contributed by atoms with Gasteiger partial charge in [0.05, 0.1) is 0 Å². The van der Waals surface area contributed by atoms with Crippen molar-refractivity contribution in [3.63, 3.8) is 0 Å². The van der Waals surface area contributed by atoms with Crippen molar-refractivity contribution in [3.8, 4) is 0 Å². The molecule has 0 N–H and O–H groups in total. The Morgan fingerprint density at radius 3 is 1.05 bits per heavy atom. The van der Waals surface area contributed by atoms with E-state index in [9.17, 15) is 0 Å². The van der Waals surface area contributed by atoms with E-state index in [0.717, 1.165) is 13.1 Å². The zero-order valence-corrected chi connectivity index (χ0v) is 30.7. The normalized spacial score (nSPS) is 8.44. The molecule has 0 aliphatic rings. The second-order valence-electron chi connectivity index (χ2n) is 8.48. The molecule has 5 nitrogen and oxygen atoms in total. The summed E-state index contributed by atoms with van der Waals surface area (Å²) in [6.07, 6.45) is 5.08. The van der Waals surface area contributed by atoms with Crippen molar-refractivity contribution in [1.29, 1.82) is 0 Å². The smallest absolute Gasteiger partial charge is 0.668 e. The van der Waals surface area contributed by atoms with Gasteiger partial charge in [-0.05, 0) is 0 Å². The SMILES string of the molecule is CCCC[N-]CCCC.C[N-]C.C[N-]C.C[N-]C.C[N-]C.[Ti+4].[Ti+4].c1ccc2[cH-]ccc2c1.c1ccc2[cH-]ccc2c1. The monoisotopic (exact) mass is 630 g/mol. The molecule has 41 heavy (non-hydrogen) atoms. The quantitative estimate of drug-likeness (QED) is 0.116. The Morgan fingerprint density at radius 2 is 0.780 bits per heavy atom. The van der Waals surface area contributed by atoms with Crippen LogP contribution in [0, 0.1) is 0 Å². The Labute approximate surface area is 283 Å². The summed E-state index contributed by atoms with van der Waals surface area (Å²) < 4.78 is 0. The molecule has 0 amide bonds. The number of benzene rings is 2. The van der Waals surface area contributed by atoms with Gasteiger partial charge in [0.2, 0.25) is 0 Å². The van der Waals surface area contributed by atoms with Crippen LogP contribution in [0.25, 0.3) is 48.1 Å². The van der Waals surface area contributed by atoms with E-state index in [1.54, 1.807) is 56.4 Å². The van der Waals surface area contributed by atoms with Crippen LogP contribution < -0.4 is 0 Å². The van der Waals surface area contributed by atoms with Crippen molar-refractivity contribution in [2.24, 2.45) is 0 Å². The number of unbranched alkanes of at least 4 members (excludes halogenated alkanes) is 2. The summed E-state index contributed by atoms with van der Waals surface area (Å²) in [5.41, 5.74) is 0. The summed E-state index contributed by atoms with van der Waals surface area (Å²) in [4.78, 5) is 0. The minimum absolute atomic E-state index is 0. The maximum atomic E-state index is 4.35. The number of hydrogen-bond donors (Lipinski definition) is 0. The van der Waals surface area contributed by atoms with Crippen molar-refractivity contribution in [2.75, 3.05) is 69.5 Å². The minimum Gasteiger partial charge on any atom is -0.668 e. The number of fused-ring (bicyclic) bond motifs is 2. The largest absolute Gasteiger partial charge is 4.00 e. The molecule has 7 heteroatoms. The summed E-state index contributed by atoms with van der Waals surface area (Å²) in [5, 5.41) is 23.7. The third kappa shape index (κ3) is 35.0. The summed E-state index contributed by atoms with van der Waals surface area (Å²) in [6, 6.07) is 29.3. The van der Waals surface area contributed by atoms with Gasteiger partial charge < -0.3 is 26.6 Å². The third-order valence-electron chi connectivity index (χ3n) is 4.43. The van der Waals surface area contributed by atoms with Gasteiger partial charge in [-0.1, -0.05) is 51.7 Å². The van der Waals surface area contributed by atoms with Crippen molar-refractivity contribution in [2.45, 2.75) is 39.5 Å². The molecule has 0 atom stereocenters. The zero-order chi connectivity index (χ0) is 30.0. The molecular weight excluding hydrogens is 574 g/mol. The fourth-order valence-electron chi connectivity index (χ4n) is 2.79. The van der Waals surface area contributed by atoms with Gasteiger partial charge in [-0.15, -0.1) is 72.4 Å². The van der Waals surface area contributed by atoms with Crippen LogP contribution in [0.2, 0.25) is 0 Å². The molecular formula is C34H56N5Ti2+. The van der Waals surface area contributed by atoms with E-state index in [4.69, 9.17) is 0 Å². The molecule has 0 fully saturated rings. The summed E-state index contributed by atoms with van der Waals surface area (Å²) in [6.45, 7) is 6.57. The van der Waals surface area contributed by atoms with Crippen LogP contribution in [0.5, 0.6) is 0 Å². The maximum Gasteiger partial charge on any atom is 4.00 e. The predicted molar refractivity (Wildman–Crippen MR) is 183 cm³/mol. The molecule has 0 heterocycles. The van der Waals surface area contributed by atoms with E-state index in [-0.39, 0.29) is 43.4 Å². The van der Waals surface area contributed by atoms with Crippen molar-refractivity contribution in [1.82, 2.24) is 0 Å². The van der Waals surface area contributed by atoms with Crippen LogP contribution in [0.15, 0.2) is 84.9 Å². The molecule has 4 aromatic carbocycles. The van der Waals surface area contributed by atoms with Crippen molar-refractivity contribution >= 4 is 21.5 Å². The predicted octanol–water partition coefficient (Wildman–Crippen LogP) is 10.6. The summed E-state index contributed by atoms with van der Waals surface area (Å²) >= 11 is 0. The van der Waals surface area contributed by atoms with Gasteiger partial charge in [0, 0.05) is 0 Å². The van der Waals surface area contributed by atoms with Crippen molar-refractivity contribution in [3.05, 3.63) is 112 Å². The van der Waals surface area contributed by atoms with Gasteiger partial charge in [0.1, 0.15) is 0 Å². The molecule has 224 valence electrons. The van der Waals surface area contributed by atoms with Crippen LogP contribution in [-0.2, 0) is 43.4 Å². The summed E-state index contributed by atoms with van der Waals surface area (Å²) in [5.74, 6) is 0. The van der Waals surface area contributed by atoms with Gasteiger partial charge in [-0.2, -0.15) is 91.4 Å². The number of hydrogen-bond acceptors (Lipinski definition) is 0. The Kier molecular flexibility index (Phi) is 52.4. The van der Waals surface area contributed by atoms with E-state index < -0.39 is 0 Å². The zero-order valence-electron chi connectivity index (χ0n) is 27.6. The first-order valence-electron chi connectivity index (χ1n) is 13.8. The number of rotatable bonds is 6. The third-order valence-corrected chi connectivity index (χ3v) is 4.43. The first-order valence-corrected chi connectivity index (χ1v) is 13.8. The van der Waals surface area contributed by atoms with Crippen LogP contribution in [0.3, 0.4) is 0 Å². The van der Waals surface area contributed by atoms with Crippen LogP contribution in [0.4, 0.5) is 0 Å². The molecule has 0 aromatic heterocycles. The Morgan fingerprint density at radius 1 is 0.488 bits per heavy atom. The molecule has 0 spiro atoms. The van der Waals surface area contributed by atoms with E-state index in [1.807, 2.05) is 0 Å². The number of nitrogens with zero attached hydrogens (tertiary/aromatic N) is 5. The van der Waals surface area contributed by atoms with Crippen LogP contribution in [-0.4, -0.2) is 69.5 Å². The van der Waals surface area contributed by atoms with E-state index in [1.165, 1.54) is 47.2 Å². The first kappa shape index (κ1) is 49.6. The molecule has 0 aliphatic heterocycles. The molecule has 0 bridgehead atoms. The maximum absolute atomic E-state index is 4.35.